The summed E-state index contributed by atoms with van der Waals surface area (Å²) in [6, 6.07) is 5.16. The van der Waals surface area contributed by atoms with E-state index in [1.807, 2.05) is 12.1 Å². The lowest BCUT2D eigenvalue weighted by atomic mass is 9.98. The van der Waals surface area contributed by atoms with Crippen LogP contribution in [-0.4, -0.2) is 24.3 Å². The van der Waals surface area contributed by atoms with Crippen LogP contribution in [0.3, 0.4) is 0 Å². The SMILES string of the molecule is O=CC1CCN(Cc2ccc(Br)cc2F)CC1. The van der Waals surface area contributed by atoms with Gasteiger partial charge in [0, 0.05) is 22.5 Å². The van der Waals surface area contributed by atoms with Gasteiger partial charge in [0.15, 0.2) is 0 Å². The third-order valence-electron chi connectivity index (χ3n) is 3.23. The van der Waals surface area contributed by atoms with Gasteiger partial charge in [-0.2, -0.15) is 0 Å². The molecule has 1 heterocycles. The van der Waals surface area contributed by atoms with Gasteiger partial charge < -0.3 is 4.79 Å². The van der Waals surface area contributed by atoms with Crippen molar-refractivity contribution in [1.82, 2.24) is 4.90 Å². The summed E-state index contributed by atoms with van der Waals surface area (Å²) in [6.07, 6.45) is 2.82. The van der Waals surface area contributed by atoms with Crippen molar-refractivity contribution in [2.75, 3.05) is 13.1 Å². The fourth-order valence-electron chi connectivity index (χ4n) is 2.14. The Kier molecular flexibility index (Phi) is 4.29. The second kappa shape index (κ2) is 5.74. The highest BCUT2D eigenvalue weighted by Crippen LogP contribution is 2.20. The lowest BCUT2D eigenvalue weighted by molar-refractivity contribution is -0.112. The van der Waals surface area contributed by atoms with E-state index in [1.54, 1.807) is 0 Å². The van der Waals surface area contributed by atoms with Crippen LogP contribution in [0.2, 0.25) is 0 Å². The summed E-state index contributed by atoms with van der Waals surface area (Å²) in [5.41, 5.74) is 0.720. The van der Waals surface area contributed by atoms with Gasteiger partial charge in [-0.1, -0.05) is 22.0 Å². The largest absolute Gasteiger partial charge is 0.303 e. The van der Waals surface area contributed by atoms with Crippen LogP contribution in [0.5, 0.6) is 0 Å². The highest BCUT2D eigenvalue weighted by Gasteiger charge is 2.19. The monoisotopic (exact) mass is 299 g/mol. The first kappa shape index (κ1) is 12.7. The molecule has 0 aliphatic carbocycles. The summed E-state index contributed by atoms with van der Waals surface area (Å²) in [6.45, 7) is 2.38. The third-order valence-corrected chi connectivity index (χ3v) is 3.73. The molecule has 1 aromatic carbocycles. The summed E-state index contributed by atoms with van der Waals surface area (Å²) in [5.74, 6) is 0.0258. The molecule has 1 aromatic rings. The van der Waals surface area contributed by atoms with Crippen LogP contribution in [0.1, 0.15) is 18.4 Å². The van der Waals surface area contributed by atoms with E-state index >= 15 is 0 Å². The molecule has 1 saturated heterocycles. The molecule has 0 unspecified atom stereocenters. The fraction of sp³-hybridized carbons (Fsp3) is 0.462. The van der Waals surface area contributed by atoms with E-state index in [-0.39, 0.29) is 11.7 Å². The molecule has 0 saturated carbocycles. The van der Waals surface area contributed by atoms with Crippen molar-refractivity contribution >= 4 is 22.2 Å². The Bertz CT molecular complexity index is 402. The lowest BCUT2D eigenvalue weighted by Gasteiger charge is -2.29. The highest BCUT2D eigenvalue weighted by atomic mass is 79.9. The average molecular weight is 300 g/mol. The summed E-state index contributed by atoms with van der Waals surface area (Å²) in [7, 11) is 0. The Balaban J connectivity index is 1.95. The van der Waals surface area contributed by atoms with Gasteiger partial charge in [0.25, 0.3) is 0 Å². The number of nitrogens with zero attached hydrogens (tertiary/aromatic N) is 1. The Hall–Kier alpha value is -0.740. The third kappa shape index (κ3) is 3.36. The summed E-state index contributed by atoms with van der Waals surface area (Å²) in [4.78, 5) is 12.8. The first-order valence-corrected chi connectivity index (χ1v) is 6.60. The van der Waals surface area contributed by atoms with Crippen molar-refractivity contribution in [2.24, 2.45) is 5.92 Å². The zero-order valence-corrected chi connectivity index (χ0v) is 11.1. The van der Waals surface area contributed by atoms with E-state index in [2.05, 4.69) is 20.8 Å². The number of aldehydes is 1. The van der Waals surface area contributed by atoms with Crippen molar-refractivity contribution in [3.05, 3.63) is 34.1 Å². The van der Waals surface area contributed by atoms with Crippen LogP contribution in [0, 0.1) is 11.7 Å². The molecule has 0 spiro atoms. The number of rotatable bonds is 3. The predicted molar refractivity (Wildman–Crippen MR) is 68.2 cm³/mol. The van der Waals surface area contributed by atoms with Crippen molar-refractivity contribution in [1.29, 1.82) is 0 Å². The number of likely N-dealkylation sites (tertiary alicyclic amines) is 1. The van der Waals surface area contributed by atoms with Crippen LogP contribution in [-0.2, 0) is 11.3 Å². The smallest absolute Gasteiger partial charge is 0.128 e. The van der Waals surface area contributed by atoms with E-state index in [4.69, 9.17) is 0 Å². The Labute approximate surface area is 109 Å². The van der Waals surface area contributed by atoms with Gasteiger partial charge in [0.05, 0.1) is 0 Å². The molecule has 0 amide bonds. The zero-order valence-electron chi connectivity index (χ0n) is 9.53. The molecular weight excluding hydrogens is 285 g/mol. The molecular formula is C13H15BrFNO. The average Bonchev–Trinajstić information content (AvgIpc) is 2.34. The van der Waals surface area contributed by atoms with Crippen LogP contribution < -0.4 is 0 Å². The number of benzene rings is 1. The predicted octanol–water partition coefficient (Wildman–Crippen LogP) is 3.00. The minimum absolute atomic E-state index is 0.170. The number of hydrogen-bond donors (Lipinski definition) is 0. The van der Waals surface area contributed by atoms with E-state index in [0.717, 1.165) is 42.3 Å². The standard InChI is InChI=1S/C13H15BrFNO/c14-12-2-1-11(13(15)7-12)8-16-5-3-10(9-17)4-6-16/h1-2,7,9-10H,3-6,8H2. The minimum Gasteiger partial charge on any atom is -0.303 e. The molecule has 2 nitrogen and oxygen atoms in total. The molecule has 17 heavy (non-hydrogen) atoms. The molecule has 1 aliphatic rings. The minimum atomic E-state index is -0.170. The highest BCUT2D eigenvalue weighted by molar-refractivity contribution is 9.10. The second-order valence-corrected chi connectivity index (χ2v) is 5.40. The molecule has 0 N–H and O–H groups in total. The molecule has 0 bridgehead atoms. The quantitative estimate of drug-likeness (QED) is 0.800. The van der Waals surface area contributed by atoms with E-state index in [9.17, 15) is 9.18 Å². The Morgan fingerprint density at radius 3 is 2.71 bits per heavy atom. The van der Waals surface area contributed by atoms with E-state index in [1.165, 1.54) is 6.07 Å². The summed E-state index contributed by atoms with van der Waals surface area (Å²) >= 11 is 3.25. The van der Waals surface area contributed by atoms with Gasteiger partial charge in [-0.3, -0.25) is 4.90 Å². The van der Waals surface area contributed by atoms with Gasteiger partial charge in [0.1, 0.15) is 12.1 Å². The molecule has 0 aromatic heterocycles. The molecule has 1 aliphatic heterocycles. The number of piperidine rings is 1. The van der Waals surface area contributed by atoms with Crippen LogP contribution in [0.25, 0.3) is 0 Å². The molecule has 0 atom stereocenters. The van der Waals surface area contributed by atoms with E-state index < -0.39 is 0 Å². The fourth-order valence-corrected chi connectivity index (χ4v) is 2.47. The number of hydrogen-bond acceptors (Lipinski definition) is 2. The molecule has 0 radical (unpaired) electrons. The normalized spacial score (nSPS) is 18.2. The van der Waals surface area contributed by atoms with Crippen LogP contribution in [0.15, 0.2) is 22.7 Å². The first-order valence-electron chi connectivity index (χ1n) is 5.80. The van der Waals surface area contributed by atoms with Crippen molar-refractivity contribution in [3.8, 4) is 0 Å². The summed E-state index contributed by atoms with van der Waals surface area (Å²) in [5, 5.41) is 0. The molecule has 92 valence electrons. The number of halogens is 2. The molecule has 2 rings (SSSR count). The van der Waals surface area contributed by atoms with Gasteiger partial charge in [-0.05, 0) is 38.1 Å². The van der Waals surface area contributed by atoms with Crippen LogP contribution >= 0.6 is 15.9 Å². The zero-order chi connectivity index (χ0) is 12.3. The molecule has 1 fully saturated rings. The maximum Gasteiger partial charge on any atom is 0.128 e. The van der Waals surface area contributed by atoms with Crippen molar-refractivity contribution < 1.29 is 9.18 Å². The number of carbonyl (C=O) groups excluding carboxylic acids is 1. The molecule has 4 heteroatoms. The Morgan fingerprint density at radius 1 is 1.41 bits per heavy atom. The van der Waals surface area contributed by atoms with Gasteiger partial charge in [0.2, 0.25) is 0 Å². The van der Waals surface area contributed by atoms with E-state index in [0.29, 0.717) is 6.54 Å². The summed E-state index contributed by atoms with van der Waals surface area (Å²) < 4.78 is 14.4. The van der Waals surface area contributed by atoms with Gasteiger partial charge in [-0.15, -0.1) is 0 Å². The lowest BCUT2D eigenvalue weighted by Crippen LogP contribution is -2.33. The topological polar surface area (TPSA) is 20.3 Å². The Morgan fingerprint density at radius 2 is 2.12 bits per heavy atom. The van der Waals surface area contributed by atoms with Gasteiger partial charge >= 0.3 is 0 Å². The van der Waals surface area contributed by atoms with Crippen LogP contribution in [0.4, 0.5) is 4.39 Å². The van der Waals surface area contributed by atoms with Crippen molar-refractivity contribution in [2.45, 2.75) is 19.4 Å². The van der Waals surface area contributed by atoms with Crippen molar-refractivity contribution in [3.63, 3.8) is 0 Å². The maximum absolute atomic E-state index is 13.6. The maximum atomic E-state index is 13.6. The number of carbonyl (C=O) groups is 1. The van der Waals surface area contributed by atoms with Gasteiger partial charge in [-0.25, -0.2) is 4.39 Å². The first-order chi connectivity index (χ1) is 8.19. The second-order valence-electron chi connectivity index (χ2n) is 4.49.